The number of aliphatic hydroxyl groups is 1. The topological polar surface area (TPSA) is 75.4 Å². The van der Waals surface area contributed by atoms with Crippen LogP contribution in [0.1, 0.15) is 31.9 Å². The minimum atomic E-state index is -0.736. The molecule has 0 bridgehead atoms. The Morgan fingerprint density at radius 1 is 1.18 bits per heavy atom. The molecule has 2 atom stereocenters. The van der Waals surface area contributed by atoms with Crippen molar-refractivity contribution in [3.8, 4) is 0 Å². The van der Waals surface area contributed by atoms with E-state index in [2.05, 4.69) is 5.32 Å². The van der Waals surface area contributed by atoms with Crippen LogP contribution in [-0.2, 0) is 4.79 Å². The van der Waals surface area contributed by atoms with Crippen LogP contribution in [0.25, 0.3) is 10.8 Å². The van der Waals surface area contributed by atoms with Gasteiger partial charge in [0.1, 0.15) is 0 Å². The Morgan fingerprint density at radius 3 is 2.55 bits per heavy atom. The van der Waals surface area contributed by atoms with Gasteiger partial charge in [-0.25, -0.2) is 0 Å². The Labute approximate surface area is 131 Å². The average Bonchev–Trinajstić information content (AvgIpc) is 2.51. The number of rotatable bonds is 6. The molecular formula is C18H24N2O2. The molecule has 0 saturated heterocycles. The fourth-order valence-corrected chi connectivity index (χ4v) is 2.48. The van der Waals surface area contributed by atoms with Crippen molar-refractivity contribution in [3.63, 3.8) is 0 Å². The fraction of sp³-hybridized carbons (Fsp3) is 0.389. The smallest absolute Gasteiger partial charge is 0.237 e. The highest BCUT2D eigenvalue weighted by Gasteiger charge is 2.16. The number of carbonyl (C=O) groups excluding carboxylic acids is 1. The first-order valence-corrected chi connectivity index (χ1v) is 7.67. The van der Waals surface area contributed by atoms with Crippen molar-refractivity contribution < 1.29 is 9.90 Å². The molecule has 1 unspecified atom stereocenters. The lowest BCUT2D eigenvalue weighted by atomic mass is 10.0. The van der Waals surface area contributed by atoms with Gasteiger partial charge in [-0.15, -0.1) is 0 Å². The first kappa shape index (κ1) is 16.5. The zero-order valence-corrected chi connectivity index (χ0v) is 13.1. The Hall–Kier alpha value is -1.91. The monoisotopic (exact) mass is 300 g/mol. The summed E-state index contributed by atoms with van der Waals surface area (Å²) >= 11 is 0. The highest BCUT2D eigenvalue weighted by molar-refractivity contribution is 5.83. The number of aliphatic hydroxyl groups excluding tert-OH is 1. The van der Waals surface area contributed by atoms with Crippen LogP contribution in [0.15, 0.2) is 42.5 Å². The first-order valence-electron chi connectivity index (χ1n) is 7.67. The van der Waals surface area contributed by atoms with Crippen LogP contribution < -0.4 is 11.1 Å². The number of hydrogen-bond donors (Lipinski definition) is 3. The largest absolute Gasteiger partial charge is 0.387 e. The molecule has 2 rings (SSSR count). The molecule has 0 fully saturated rings. The van der Waals surface area contributed by atoms with Gasteiger partial charge in [-0.3, -0.25) is 4.79 Å². The lowest BCUT2D eigenvalue weighted by molar-refractivity contribution is -0.123. The van der Waals surface area contributed by atoms with E-state index in [9.17, 15) is 9.90 Å². The molecule has 4 N–H and O–H groups in total. The van der Waals surface area contributed by atoms with Gasteiger partial charge in [0, 0.05) is 6.54 Å². The summed E-state index contributed by atoms with van der Waals surface area (Å²) in [6.45, 7) is 4.22. The first-order chi connectivity index (χ1) is 10.5. The van der Waals surface area contributed by atoms with Crippen molar-refractivity contribution in [2.45, 2.75) is 32.4 Å². The van der Waals surface area contributed by atoms with Gasteiger partial charge in [0.05, 0.1) is 12.1 Å². The van der Waals surface area contributed by atoms with E-state index in [1.165, 1.54) is 0 Å². The molecule has 0 aliphatic rings. The maximum absolute atomic E-state index is 11.9. The number of hydrogen-bond acceptors (Lipinski definition) is 3. The SMILES string of the molecule is CC(C)C[C@H](N)C(=O)NCC(O)c1ccc2ccccc2c1. The molecule has 0 heterocycles. The normalized spacial score (nSPS) is 14.0. The van der Waals surface area contributed by atoms with Crippen LogP contribution in [0, 0.1) is 5.92 Å². The Bertz CT molecular complexity index is 640. The second kappa shape index (κ2) is 7.38. The number of carbonyl (C=O) groups is 1. The van der Waals surface area contributed by atoms with Crippen LogP contribution in [0.3, 0.4) is 0 Å². The molecule has 2 aromatic rings. The molecule has 0 aliphatic heterocycles. The van der Waals surface area contributed by atoms with Crippen LogP contribution in [0.4, 0.5) is 0 Å². The molecule has 0 aliphatic carbocycles. The summed E-state index contributed by atoms with van der Waals surface area (Å²) < 4.78 is 0. The second-order valence-electron chi connectivity index (χ2n) is 6.10. The third-order valence-electron chi connectivity index (χ3n) is 3.69. The van der Waals surface area contributed by atoms with E-state index >= 15 is 0 Å². The molecule has 0 saturated carbocycles. The quantitative estimate of drug-likeness (QED) is 0.766. The highest BCUT2D eigenvalue weighted by Crippen LogP contribution is 2.20. The number of benzene rings is 2. The van der Waals surface area contributed by atoms with Gasteiger partial charge in [-0.1, -0.05) is 50.2 Å². The second-order valence-corrected chi connectivity index (χ2v) is 6.10. The summed E-state index contributed by atoms with van der Waals surface area (Å²) in [4.78, 5) is 11.9. The predicted octanol–water partition coefficient (Wildman–Crippen LogP) is 2.36. The molecule has 4 nitrogen and oxygen atoms in total. The zero-order valence-electron chi connectivity index (χ0n) is 13.1. The maximum atomic E-state index is 11.9. The lowest BCUT2D eigenvalue weighted by Gasteiger charge is -2.17. The van der Waals surface area contributed by atoms with Crippen molar-refractivity contribution in [1.82, 2.24) is 5.32 Å². The highest BCUT2D eigenvalue weighted by atomic mass is 16.3. The van der Waals surface area contributed by atoms with E-state index < -0.39 is 12.1 Å². The van der Waals surface area contributed by atoms with E-state index in [-0.39, 0.29) is 12.5 Å². The third-order valence-corrected chi connectivity index (χ3v) is 3.69. The Kier molecular flexibility index (Phi) is 5.52. The summed E-state index contributed by atoms with van der Waals surface area (Å²) in [6, 6.07) is 13.2. The number of nitrogens with one attached hydrogen (secondary N) is 1. The summed E-state index contributed by atoms with van der Waals surface area (Å²) in [5.74, 6) is 0.153. The molecule has 0 radical (unpaired) electrons. The van der Waals surface area contributed by atoms with Crippen LogP contribution in [0.5, 0.6) is 0 Å². The number of nitrogens with two attached hydrogens (primary N) is 1. The van der Waals surface area contributed by atoms with Crippen molar-refractivity contribution in [2.24, 2.45) is 11.7 Å². The minimum Gasteiger partial charge on any atom is -0.387 e. The van der Waals surface area contributed by atoms with Gasteiger partial charge in [-0.05, 0) is 34.7 Å². The average molecular weight is 300 g/mol. The third kappa shape index (κ3) is 4.29. The predicted molar refractivity (Wildman–Crippen MR) is 89.3 cm³/mol. The molecule has 22 heavy (non-hydrogen) atoms. The number of amides is 1. The number of fused-ring (bicyclic) bond motifs is 1. The van der Waals surface area contributed by atoms with E-state index in [1.807, 2.05) is 56.3 Å². The van der Waals surface area contributed by atoms with Gasteiger partial charge in [0.15, 0.2) is 0 Å². The molecule has 0 aromatic heterocycles. The van der Waals surface area contributed by atoms with E-state index in [0.29, 0.717) is 12.3 Å². The molecule has 4 heteroatoms. The summed E-state index contributed by atoms with van der Waals surface area (Å²) in [7, 11) is 0. The van der Waals surface area contributed by atoms with Crippen LogP contribution in [-0.4, -0.2) is 23.6 Å². The van der Waals surface area contributed by atoms with E-state index in [1.54, 1.807) is 0 Å². The standard InChI is InChI=1S/C18H24N2O2/c1-12(2)9-16(19)18(22)20-11-17(21)15-8-7-13-5-3-4-6-14(13)10-15/h3-8,10,12,16-17,21H,9,11,19H2,1-2H3,(H,20,22)/t16-,17?/m0/s1. The fourth-order valence-electron chi connectivity index (χ4n) is 2.48. The van der Waals surface area contributed by atoms with Gasteiger partial charge >= 0.3 is 0 Å². The summed E-state index contributed by atoms with van der Waals surface area (Å²) in [6.07, 6.45) is -0.0995. The minimum absolute atomic E-state index is 0.170. The Balaban J connectivity index is 1.96. The van der Waals surface area contributed by atoms with E-state index in [4.69, 9.17) is 5.73 Å². The molecule has 2 aromatic carbocycles. The van der Waals surface area contributed by atoms with Gasteiger partial charge in [-0.2, -0.15) is 0 Å². The zero-order chi connectivity index (χ0) is 16.1. The molecular weight excluding hydrogens is 276 g/mol. The van der Waals surface area contributed by atoms with Gasteiger partial charge in [0.25, 0.3) is 0 Å². The van der Waals surface area contributed by atoms with Crippen molar-refractivity contribution in [2.75, 3.05) is 6.54 Å². The summed E-state index contributed by atoms with van der Waals surface area (Å²) in [5, 5.41) is 15.2. The van der Waals surface area contributed by atoms with Crippen molar-refractivity contribution >= 4 is 16.7 Å². The molecule has 1 amide bonds. The summed E-state index contributed by atoms with van der Waals surface area (Å²) in [5.41, 5.74) is 6.61. The molecule has 0 spiro atoms. The van der Waals surface area contributed by atoms with Gasteiger partial charge in [0.2, 0.25) is 5.91 Å². The van der Waals surface area contributed by atoms with Crippen LogP contribution >= 0.6 is 0 Å². The van der Waals surface area contributed by atoms with Crippen molar-refractivity contribution in [3.05, 3.63) is 48.0 Å². The van der Waals surface area contributed by atoms with Crippen molar-refractivity contribution in [1.29, 1.82) is 0 Å². The lowest BCUT2D eigenvalue weighted by Crippen LogP contribution is -2.42. The maximum Gasteiger partial charge on any atom is 0.237 e. The van der Waals surface area contributed by atoms with Crippen LogP contribution in [0.2, 0.25) is 0 Å². The van der Waals surface area contributed by atoms with Gasteiger partial charge < -0.3 is 16.2 Å². The molecule has 118 valence electrons. The van der Waals surface area contributed by atoms with E-state index in [0.717, 1.165) is 16.3 Å². The Morgan fingerprint density at radius 2 is 1.86 bits per heavy atom.